The molecule has 0 spiro atoms. The first-order chi connectivity index (χ1) is 12.9. The number of nitro groups is 1. The third-order valence-electron chi connectivity index (χ3n) is 4.18. The van der Waals surface area contributed by atoms with E-state index in [1.807, 2.05) is 0 Å². The Morgan fingerprint density at radius 2 is 1.85 bits per heavy atom. The summed E-state index contributed by atoms with van der Waals surface area (Å²) in [6.45, 7) is 5.44. The van der Waals surface area contributed by atoms with Crippen molar-refractivity contribution >= 4 is 21.6 Å². The zero-order valence-electron chi connectivity index (χ0n) is 15.0. The van der Waals surface area contributed by atoms with Crippen LogP contribution in [0.2, 0.25) is 0 Å². The Morgan fingerprint density at radius 1 is 1.19 bits per heavy atom. The molecule has 0 radical (unpaired) electrons. The molecule has 10 nitrogen and oxygen atoms in total. The van der Waals surface area contributed by atoms with Gasteiger partial charge in [-0.25, -0.2) is 13.1 Å². The van der Waals surface area contributed by atoms with E-state index in [2.05, 4.69) is 20.3 Å². The molecule has 3 N–H and O–H groups in total. The Balaban J connectivity index is 1.65. The minimum atomic E-state index is -3.80. The van der Waals surface area contributed by atoms with E-state index in [0.717, 1.165) is 63.4 Å². The summed E-state index contributed by atoms with van der Waals surface area (Å²) in [5.74, 6) is -0.221. The number of benzene rings is 1. The monoisotopic (exact) mass is 399 g/mol. The van der Waals surface area contributed by atoms with Gasteiger partial charge in [-0.3, -0.25) is 14.9 Å². The molecule has 1 amide bonds. The minimum Gasteiger partial charge on any atom is -0.356 e. The molecular weight excluding hydrogens is 374 g/mol. The van der Waals surface area contributed by atoms with Gasteiger partial charge < -0.3 is 15.5 Å². The number of carbonyl (C=O) groups excluding carboxylic acids is 1. The van der Waals surface area contributed by atoms with Gasteiger partial charge in [-0.05, 0) is 25.1 Å². The van der Waals surface area contributed by atoms with Crippen molar-refractivity contribution in [2.24, 2.45) is 0 Å². The Bertz CT molecular complexity index is 732. The predicted octanol–water partition coefficient (Wildman–Crippen LogP) is -0.325. The van der Waals surface area contributed by atoms with Crippen molar-refractivity contribution in [1.82, 2.24) is 20.3 Å². The number of amides is 1. The molecule has 1 fully saturated rings. The molecule has 2 rings (SSSR count). The van der Waals surface area contributed by atoms with Gasteiger partial charge in [-0.1, -0.05) is 0 Å². The fourth-order valence-corrected chi connectivity index (χ4v) is 3.71. The second kappa shape index (κ2) is 10.3. The van der Waals surface area contributed by atoms with Crippen molar-refractivity contribution in [3.63, 3.8) is 0 Å². The predicted molar refractivity (Wildman–Crippen MR) is 99.8 cm³/mol. The van der Waals surface area contributed by atoms with E-state index in [9.17, 15) is 23.3 Å². The standard InChI is InChI=1S/C16H25N5O5S/c22-16(18-7-1-11-20-12-9-17-10-13-20)6-8-19-27(25,26)15-4-2-14(3-5-15)21(23)24/h2-5,17,19H,1,6-13H2,(H,18,22). The molecular formula is C16H25N5O5S. The molecule has 1 aliphatic heterocycles. The lowest BCUT2D eigenvalue weighted by Gasteiger charge is -2.27. The van der Waals surface area contributed by atoms with Crippen LogP contribution in [0.1, 0.15) is 12.8 Å². The van der Waals surface area contributed by atoms with E-state index in [1.165, 1.54) is 0 Å². The van der Waals surface area contributed by atoms with Crippen LogP contribution in [-0.4, -0.2) is 70.0 Å². The van der Waals surface area contributed by atoms with Crippen LogP contribution in [0, 0.1) is 10.1 Å². The van der Waals surface area contributed by atoms with Crippen LogP contribution < -0.4 is 15.4 Å². The Labute approximate surface area is 158 Å². The van der Waals surface area contributed by atoms with Crippen LogP contribution in [0.15, 0.2) is 29.2 Å². The number of piperazine rings is 1. The van der Waals surface area contributed by atoms with Crippen LogP contribution in [0.3, 0.4) is 0 Å². The number of nitrogens with zero attached hydrogens (tertiary/aromatic N) is 2. The number of nitrogens with one attached hydrogen (secondary N) is 3. The van der Waals surface area contributed by atoms with E-state index in [-0.39, 0.29) is 29.5 Å². The minimum absolute atomic E-state index is 0.0276. The summed E-state index contributed by atoms with van der Waals surface area (Å²) in [7, 11) is -3.80. The average Bonchev–Trinajstić information content (AvgIpc) is 2.66. The van der Waals surface area contributed by atoms with Gasteiger partial charge in [-0.2, -0.15) is 0 Å². The summed E-state index contributed by atoms with van der Waals surface area (Å²) in [4.78, 5) is 24.0. The molecule has 27 heavy (non-hydrogen) atoms. The molecule has 1 aliphatic rings. The van der Waals surface area contributed by atoms with E-state index in [1.54, 1.807) is 0 Å². The highest BCUT2D eigenvalue weighted by molar-refractivity contribution is 7.89. The fraction of sp³-hybridized carbons (Fsp3) is 0.562. The van der Waals surface area contributed by atoms with Gasteiger partial charge in [0.15, 0.2) is 0 Å². The van der Waals surface area contributed by atoms with Gasteiger partial charge in [0.1, 0.15) is 0 Å². The fourth-order valence-electron chi connectivity index (χ4n) is 2.68. The quantitative estimate of drug-likeness (QED) is 0.279. The third-order valence-corrected chi connectivity index (χ3v) is 5.66. The van der Waals surface area contributed by atoms with Gasteiger partial charge in [0.05, 0.1) is 9.82 Å². The smallest absolute Gasteiger partial charge is 0.269 e. The van der Waals surface area contributed by atoms with Crippen molar-refractivity contribution in [3.8, 4) is 0 Å². The lowest BCUT2D eigenvalue weighted by molar-refractivity contribution is -0.384. The maximum atomic E-state index is 12.1. The average molecular weight is 399 g/mol. The third kappa shape index (κ3) is 7.21. The van der Waals surface area contributed by atoms with Crippen LogP contribution in [0.4, 0.5) is 5.69 Å². The number of rotatable bonds is 10. The zero-order chi connectivity index (χ0) is 19.7. The molecule has 1 heterocycles. The maximum Gasteiger partial charge on any atom is 0.269 e. The summed E-state index contributed by atoms with van der Waals surface area (Å²) in [5.41, 5.74) is -0.186. The van der Waals surface area contributed by atoms with Crippen molar-refractivity contribution in [2.45, 2.75) is 17.7 Å². The summed E-state index contributed by atoms with van der Waals surface area (Å²) in [6.07, 6.45) is 0.875. The van der Waals surface area contributed by atoms with Crippen LogP contribution in [0.25, 0.3) is 0 Å². The molecule has 150 valence electrons. The molecule has 1 saturated heterocycles. The van der Waals surface area contributed by atoms with Crippen molar-refractivity contribution < 1.29 is 18.1 Å². The summed E-state index contributed by atoms with van der Waals surface area (Å²) < 4.78 is 26.5. The topological polar surface area (TPSA) is 134 Å². The van der Waals surface area contributed by atoms with Gasteiger partial charge in [0, 0.05) is 57.8 Å². The molecule has 1 aromatic carbocycles. The van der Waals surface area contributed by atoms with Crippen LogP contribution in [-0.2, 0) is 14.8 Å². The van der Waals surface area contributed by atoms with Gasteiger partial charge in [-0.15, -0.1) is 0 Å². The number of nitro benzene ring substituents is 1. The van der Waals surface area contributed by atoms with Gasteiger partial charge in [0.25, 0.3) is 5.69 Å². The molecule has 0 atom stereocenters. The highest BCUT2D eigenvalue weighted by Gasteiger charge is 2.16. The second-order valence-corrected chi connectivity index (χ2v) is 7.96. The summed E-state index contributed by atoms with van der Waals surface area (Å²) >= 11 is 0. The molecule has 1 aromatic rings. The van der Waals surface area contributed by atoms with E-state index in [0.29, 0.717) is 6.54 Å². The second-order valence-electron chi connectivity index (χ2n) is 6.19. The SMILES string of the molecule is O=C(CCNS(=O)(=O)c1ccc([N+](=O)[O-])cc1)NCCCN1CCNCC1. The van der Waals surface area contributed by atoms with E-state index < -0.39 is 14.9 Å². The van der Waals surface area contributed by atoms with Gasteiger partial charge in [0.2, 0.25) is 15.9 Å². The number of hydrogen-bond acceptors (Lipinski definition) is 7. The number of non-ortho nitro benzene ring substituents is 1. The highest BCUT2D eigenvalue weighted by atomic mass is 32.2. The van der Waals surface area contributed by atoms with Crippen LogP contribution in [0.5, 0.6) is 0 Å². The van der Waals surface area contributed by atoms with Crippen LogP contribution >= 0.6 is 0 Å². The molecule has 0 aromatic heterocycles. The first-order valence-electron chi connectivity index (χ1n) is 8.82. The maximum absolute atomic E-state index is 12.1. The lowest BCUT2D eigenvalue weighted by Crippen LogP contribution is -2.44. The number of sulfonamides is 1. The largest absolute Gasteiger partial charge is 0.356 e. The zero-order valence-corrected chi connectivity index (χ0v) is 15.8. The lowest BCUT2D eigenvalue weighted by atomic mass is 10.3. The molecule has 0 bridgehead atoms. The number of carbonyl (C=O) groups is 1. The highest BCUT2D eigenvalue weighted by Crippen LogP contribution is 2.15. The molecule has 0 unspecified atom stereocenters. The van der Waals surface area contributed by atoms with E-state index in [4.69, 9.17) is 0 Å². The number of hydrogen-bond donors (Lipinski definition) is 3. The normalized spacial score (nSPS) is 15.4. The van der Waals surface area contributed by atoms with Gasteiger partial charge >= 0.3 is 0 Å². The summed E-state index contributed by atoms with van der Waals surface area (Å²) in [6, 6.07) is 4.58. The van der Waals surface area contributed by atoms with Crippen molar-refractivity contribution in [1.29, 1.82) is 0 Å². The Kier molecular flexibility index (Phi) is 8.10. The molecule has 0 saturated carbocycles. The van der Waals surface area contributed by atoms with Crippen molar-refractivity contribution in [3.05, 3.63) is 34.4 Å². The molecule has 11 heteroatoms. The van der Waals surface area contributed by atoms with Crippen molar-refractivity contribution in [2.75, 3.05) is 45.8 Å². The first-order valence-corrected chi connectivity index (χ1v) is 10.3. The Hall–Kier alpha value is -2.08. The first kappa shape index (κ1) is 21.2. The Morgan fingerprint density at radius 3 is 2.48 bits per heavy atom. The van der Waals surface area contributed by atoms with E-state index >= 15 is 0 Å². The molecule has 0 aliphatic carbocycles. The summed E-state index contributed by atoms with van der Waals surface area (Å²) in [5, 5.41) is 16.7.